The highest BCUT2D eigenvalue weighted by Crippen LogP contribution is 2.59. The molecule has 0 aliphatic carbocycles. The first-order valence-electron chi connectivity index (χ1n) is 5.59. The quantitative estimate of drug-likeness (QED) is 0.738. The molecule has 1 heterocycles. The Kier molecular flexibility index (Phi) is 3.48. The van der Waals surface area contributed by atoms with Crippen molar-refractivity contribution in [3.8, 4) is 0 Å². The highest BCUT2D eigenvalue weighted by atomic mass is 31.2. The summed E-state index contributed by atoms with van der Waals surface area (Å²) in [4.78, 5) is 0. The molecule has 0 spiro atoms. The second-order valence-electron chi connectivity index (χ2n) is 4.26. The third-order valence-electron chi connectivity index (χ3n) is 2.73. The lowest BCUT2D eigenvalue weighted by Crippen LogP contribution is -2.18. The second kappa shape index (κ2) is 4.70. The van der Waals surface area contributed by atoms with Crippen LogP contribution in [0.3, 0.4) is 0 Å². The second-order valence-corrected chi connectivity index (χ2v) is 6.84. The summed E-state index contributed by atoms with van der Waals surface area (Å²) in [5.74, 6) is 0. The molecule has 16 heavy (non-hydrogen) atoms. The van der Waals surface area contributed by atoms with Crippen LogP contribution in [0.25, 0.3) is 0 Å². The third kappa shape index (κ3) is 2.37. The van der Waals surface area contributed by atoms with E-state index in [4.69, 9.17) is 9.05 Å². The van der Waals surface area contributed by atoms with Crippen LogP contribution in [-0.2, 0) is 13.6 Å². The molecule has 1 aliphatic heterocycles. The highest BCUT2D eigenvalue weighted by Gasteiger charge is 2.36. The zero-order chi connectivity index (χ0) is 11.6. The molecule has 2 atom stereocenters. The lowest BCUT2D eigenvalue weighted by atomic mass is 10.1. The molecule has 2 unspecified atom stereocenters. The van der Waals surface area contributed by atoms with Crippen molar-refractivity contribution in [2.24, 2.45) is 0 Å². The summed E-state index contributed by atoms with van der Waals surface area (Å²) in [5.41, 5.74) is 0.991. The summed E-state index contributed by atoms with van der Waals surface area (Å²) in [6.07, 6.45) is 0.670. The molecule has 0 aromatic heterocycles. The SMILES string of the molecule is CC(C)P1(=O)OCCC(c2ccccc2)O1. The maximum atomic E-state index is 12.3. The van der Waals surface area contributed by atoms with E-state index in [1.54, 1.807) is 0 Å². The van der Waals surface area contributed by atoms with Crippen molar-refractivity contribution < 1.29 is 13.6 Å². The van der Waals surface area contributed by atoms with Crippen LogP contribution >= 0.6 is 7.60 Å². The Morgan fingerprint density at radius 2 is 2.00 bits per heavy atom. The van der Waals surface area contributed by atoms with Crippen LogP contribution in [-0.4, -0.2) is 12.3 Å². The average molecular weight is 240 g/mol. The monoisotopic (exact) mass is 240 g/mol. The molecule has 0 amide bonds. The minimum atomic E-state index is -2.91. The lowest BCUT2D eigenvalue weighted by Gasteiger charge is -2.32. The Hall–Kier alpha value is -0.630. The minimum absolute atomic E-state index is 0.0842. The van der Waals surface area contributed by atoms with Crippen LogP contribution < -0.4 is 0 Å². The Balaban J connectivity index is 2.17. The molecular formula is C12H17O3P. The van der Waals surface area contributed by atoms with E-state index < -0.39 is 7.60 Å². The van der Waals surface area contributed by atoms with Gasteiger partial charge in [0, 0.05) is 6.42 Å². The van der Waals surface area contributed by atoms with Gasteiger partial charge in [-0.25, -0.2) is 0 Å². The van der Waals surface area contributed by atoms with Gasteiger partial charge in [-0.3, -0.25) is 4.57 Å². The molecule has 0 radical (unpaired) electrons. The largest absolute Gasteiger partial charge is 0.333 e. The van der Waals surface area contributed by atoms with Crippen LogP contribution in [0.15, 0.2) is 30.3 Å². The molecule has 1 fully saturated rings. The summed E-state index contributed by atoms with van der Waals surface area (Å²) >= 11 is 0. The fraction of sp³-hybridized carbons (Fsp3) is 0.500. The van der Waals surface area contributed by atoms with E-state index in [9.17, 15) is 4.57 Å². The Bertz CT molecular complexity index is 389. The van der Waals surface area contributed by atoms with Crippen LogP contribution in [0.5, 0.6) is 0 Å². The third-order valence-corrected chi connectivity index (χ3v) is 5.08. The average Bonchev–Trinajstić information content (AvgIpc) is 2.30. The number of benzene rings is 1. The van der Waals surface area contributed by atoms with Crippen molar-refractivity contribution in [2.45, 2.75) is 32.0 Å². The van der Waals surface area contributed by atoms with E-state index in [0.717, 1.165) is 12.0 Å². The van der Waals surface area contributed by atoms with Gasteiger partial charge in [-0.1, -0.05) is 44.2 Å². The molecule has 0 bridgehead atoms. The lowest BCUT2D eigenvalue weighted by molar-refractivity contribution is 0.0781. The molecule has 2 rings (SSSR count). The van der Waals surface area contributed by atoms with E-state index in [-0.39, 0.29) is 11.8 Å². The molecule has 1 aromatic carbocycles. The Morgan fingerprint density at radius 1 is 1.31 bits per heavy atom. The van der Waals surface area contributed by atoms with E-state index in [0.29, 0.717) is 6.61 Å². The van der Waals surface area contributed by atoms with Gasteiger partial charge >= 0.3 is 7.60 Å². The summed E-state index contributed by atoms with van der Waals surface area (Å²) in [6, 6.07) is 9.90. The Morgan fingerprint density at radius 3 is 2.62 bits per heavy atom. The zero-order valence-corrected chi connectivity index (χ0v) is 10.5. The van der Waals surface area contributed by atoms with Gasteiger partial charge < -0.3 is 9.05 Å². The maximum absolute atomic E-state index is 12.3. The van der Waals surface area contributed by atoms with Gasteiger partial charge in [0.25, 0.3) is 0 Å². The topological polar surface area (TPSA) is 35.5 Å². The van der Waals surface area contributed by atoms with Gasteiger partial charge in [-0.15, -0.1) is 0 Å². The van der Waals surface area contributed by atoms with Crippen molar-refractivity contribution in [1.82, 2.24) is 0 Å². The van der Waals surface area contributed by atoms with Gasteiger partial charge in [0.15, 0.2) is 0 Å². The van der Waals surface area contributed by atoms with E-state index in [2.05, 4.69) is 0 Å². The van der Waals surface area contributed by atoms with Crippen molar-refractivity contribution in [2.75, 3.05) is 6.61 Å². The van der Waals surface area contributed by atoms with E-state index in [1.807, 2.05) is 44.2 Å². The molecule has 1 aromatic rings. The van der Waals surface area contributed by atoms with Crippen LogP contribution in [0, 0.1) is 0 Å². The van der Waals surface area contributed by atoms with Crippen molar-refractivity contribution in [3.63, 3.8) is 0 Å². The molecule has 0 saturated carbocycles. The molecule has 1 aliphatic rings. The molecular weight excluding hydrogens is 223 g/mol. The van der Waals surface area contributed by atoms with Crippen molar-refractivity contribution in [3.05, 3.63) is 35.9 Å². The highest BCUT2D eigenvalue weighted by molar-refractivity contribution is 7.54. The van der Waals surface area contributed by atoms with Crippen LogP contribution in [0.1, 0.15) is 31.9 Å². The number of rotatable bonds is 2. The van der Waals surface area contributed by atoms with Crippen LogP contribution in [0.2, 0.25) is 0 Å². The van der Waals surface area contributed by atoms with E-state index >= 15 is 0 Å². The fourth-order valence-corrected chi connectivity index (χ4v) is 3.26. The minimum Gasteiger partial charge on any atom is -0.308 e. The molecule has 1 saturated heterocycles. The van der Waals surface area contributed by atoms with Gasteiger partial charge in [-0.05, 0) is 5.56 Å². The molecule has 88 valence electrons. The van der Waals surface area contributed by atoms with Gasteiger partial charge in [0.2, 0.25) is 0 Å². The summed E-state index contributed by atoms with van der Waals surface area (Å²) < 4.78 is 23.2. The normalized spacial score (nSPS) is 30.6. The predicted molar refractivity (Wildman–Crippen MR) is 63.6 cm³/mol. The standard InChI is InChI=1S/C12H17O3P/c1-10(2)16(13)14-9-8-12(15-16)11-6-4-3-5-7-11/h3-7,10,12H,8-9H2,1-2H3. The van der Waals surface area contributed by atoms with Crippen molar-refractivity contribution in [1.29, 1.82) is 0 Å². The van der Waals surface area contributed by atoms with Gasteiger partial charge in [0.1, 0.15) is 0 Å². The van der Waals surface area contributed by atoms with Gasteiger partial charge in [-0.2, -0.15) is 0 Å². The summed E-state index contributed by atoms with van der Waals surface area (Å²) in [6.45, 7) is 4.25. The summed E-state index contributed by atoms with van der Waals surface area (Å²) in [5, 5.41) is 0. The smallest absolute Gasteiger partial charge is 0.308 e. The van der Waals surface area contributed by atoms with Gasteiger partial charge in [0.05, 0.1) is 18.4 Å². The first-order valence-corrected chi connectivity index (χ1v) is 7.20. The number of hydrogen-bond acceptors (Lipinski definition) is 3. The Labute approximate surface area is 96.3 Å². The molecule has 4 heteroatoms. The molecule has 0 N–H and O–H groups in total. The maximum Gasteiger partial charge on any atom is 0.333 e. The zero-order valence-electron chi connectivity index (χ0n) is 9.63. The van der Waals surface area contributed by atoms with Crippen molar-refractivity contribution >= 4 is 7.60 Å². The first-order chi connectivity index (χ1) is 7.62. The van der Waals surface area contributed by atoms with Crippen LogP contribution in [0.4, 0.5) is 0 Å². The fourth-order valence-electron chi connectivity index (χ4n) is 1.71. The first kappa shape index (κ1) is 11.8. The number of hydrogen-bond donors (Lipinski definition) is 0. The summed E-state index contributed by atoms with van der Waals surface area (Å²) in [7, 11) is -2.91. The van der Waals surface area contributed by atoms with E-state index in [1.165, 1.54) is 0 Å². The molecule has 3 nitrogen and oxygen atoms in total. The predicted octanol–water partition coefficient (Wildman–Crippen LogP) is 3.77.